The van der Waals surface area contributed by atoms with Crippen LogP contribution in [0, 0.1) is 0 Å². The fraction of sp³-hybridized carbons (Fsp3) is 0.613. The average Bonchev–Trinajstić information content (AvgIpc) is 2.72. The van der Waals surface area contributed by atoms with Crippen LogP contribution >= 0.6 is 17.2 Å². The van der Waals surface area contributed by atoms with Crippen LogP contribution in [0.2, 0.25) is 0 Å². The molecule has 0 bridgehead atoms. The van der Waals surface area contributed by atoms with Crippen molar-refractivity contribution in [1.29, 1.82) is 0 Å². The minimum atomic E-state index is 0.579. The SMILES string of the molecule is CC(C)c1cc(C(C)C)c(PCPc2c(C(C)C)cc(C(C)C)cc2C(C)C)c(C(C)C)c1. The molecular formula is C31H50P2. The standard InChI is InChI=1S/C31H50P2/c1-18(2)24-13-26(20(5)6)30(27(14-24)21(7)8)32-17-33-31-28(22(9)10)15-25(19(3)4)16-29(31)23(11)12/h13-16,18-23,32-33H,17H2,1-12H3. The van der Waals surface area contributed by atoms with E-state index < -0.39 is 0 Å². The molecule has 2 unspecified atom stereocenters. The molecule has 0 saturated heterocycles. The Morgan fingerprint density at radius 1 is 0.424 bits per heavy atom. The van der Waals surface area contributed by atoms with Crippen LogP contribution in [-0.2, 0) is 0 Å². The molecule has 33 heavy (non-hydrogen) atoms. The number of rotatable bonds is 10. The lowest BCUT2D eigenvalue weighted by atomic mass is 9.89. The molecule has 0 N–H and O–H groups in total. The van der Waals surface area contributed by atoms with Gasteiger partial charge in [-0.2, -0.15) is 0 Å². The second-order valence-corrected chi connectivity index (χ2v) is 14.7. The van der Waals surface area contributed by atoms with Crippen LogP contribution in [0.15, 0.2) is 24.3 Å². The molecule has 0 aliphatic heterocycles. The summed E-state index contributed by atoms with van der Waals surface area (Å²) in [6.45, 7) is 28.3. The maximum absolute atomic E-state index is 2.52. The van der Waals surface area contributed by atoms with Gasteiger partial charge >= 0.3 is 0 Å². The Morgan fingerprint density at radius 2 is 0.667 bits per heavy atom. The molecule has 0 radical (unpaired) electrons. The fourth-order valence-corrected chi connectivity index (χ4v) is 8.57. The molecule has 0 heterocycles. The van der Waals surface area contributed by atoms with E-state index in [1.165, 1.54) is 17.0 Å². The molecule has 0 fully saturated rings. The largest absolute Gasteiger partial charge is 0.0853 e. The maximum Gasteiger partial charge on any atom is -0.00943 e. The lowest BCUT2D eigenvalue weighted by Crippen LogP contribution is -2.17. The van der Waals surface area contributed by atoms with Crippen LogP contribution in [0.3, 0.4) is 0 Å². The van der Waals surface area contributed by atoms with E-state index in [1.54, 1.807) is 32.9 Å². The molecule has 0 aliphatic carbocycles. The van der Waals surface area contributed by atoms with Crippen molar-refractivity contribution in [2.75, 3.05) is 5.90 Å². The molecule has 0 nitrogen and oxygen atoms in total. The highest BCUT2D eigenvalue weighted by atomic mass is 31.1. The zero-order valence-electron chi connectivity index (χ0n) is 23.5. The van der Waals surface area contributed by atoms with Crippen molar-refractivity contribution in [3.63, 3.8) is 0 Å². The van der Waals surface area contributed by atoms with Gasteiger partial charge in [0.1, 0.15) is 0 Å². The Morgan fingerprint density at radius 3 is 0.848 bits per heavy atom. The third-order valence-corrected chi connectivity index (χ3v) is 10.1. The van der Waals surface area contributed by atoms with Crippen molar-refractivity contribution in [1.82, 2.24) is 0 Å². The molecule has 184 valence electrons. The Bertz CT molecular complexity index is 783. The first kappa shape index (κ1) is 28.5. The Balaban J connectivity index is 2.46. The van der Waals surface area contributed by atoms with Gasteiger partial charge in [-0.1, -0.05) is 125 Å². The first-order chi connectivity index (χ1) is 15.3. The lowest BCUT2D eigenvalue weighted by Gasteiger charge is -2.25. The van der Waals surface area contributed by atoms with Gasteiger partial charge in [0.15, 0.2) is 0 Å². The van der Waals surface area contributed by atoms with Crippen LogP contribution in [0.5, 0.6) is 0 Å². The van der Waals surface area contributed by atoms with Crippen molar-refractivity contribution in [2.45, 2.75) is 119 Å². The van der Waals surface area contributed by atoms with Crippen molar-refractivity contribution < 1.29 is 0 Å². The Labute approximate surface area is 209 Å². The van der Waals surface area contributed by atoms with Crippen LogP contribution in [-0.4, -0.2) is 5.90 Å². The van der Waals surface area contributed by atoms with Gasteiger partial charge in [0.05, 0.1) is 0 Å². The highest BCUT2D eigenvalue weighted by Crippen LogP contribution is 2.37. The van der Waals surface area contributed by atoms with Gasteiger partial charge in [-0.25, -0.2) is 0 Å². The number of benzene rings is 2. The molecule has 0 aromatic heterocycles. The van der Waals surface area contributed by atoms with E-state index in [2.05, 4.69) is 107 Å². The van der Waals surface area contributed by atoms with Crippen molar-refractivity contribution in [2.24, 2.45) is 0 Å². The molecular weight excluding hydrogens is 434 g/mol. The Kier molecular flexibility index (Phi) is 10.7. The predicted octanol–water partition coefficient (Wildman–Crippen LogP) is 9.69. The summed E-state index contributed by atoms with van der Waals surface area (Å²) >= 11 is 0. The zero-order chi connectivity index (χ0) is 25.0. The molecule has 2 rings (SSSR count). The van der Waals surface area contributed by atoms with E-state index in [0.717, 1.165) is 17.2 Å². The molecule has 0 aliphatic rings. The van der Waals surface area contributed by atoms with Crippen LogP contribution in [0.25, 0.3) is 0 Å². The van der Waals surface area contributed by atoms with Crippen LogP contribution in [0.1, 0.15) is 152 Å². The quantitative estimate of drug-likeness (QED) is 0.294. The van der Waals surface area contributed by atoms with E-state index in [4.69, 9.17) is 0 Å². The molecule has 2 atom stereocenters. The lowest BCUT2D eigenvalue weighted by molar-refractivity contribution is 0.813. The summed E-state index contributed by atoms with van der Waals surface area (Å²) in [5.41, 5.74) is 9.39. The van der Waals surface area contributed by atoms with Crippen LogP contribution < -0.4 is 10.6 Å². The van der Waals surface area contributed by atoms with Gasteiger partial charge in [0.2, 0.25) is 0 Å². The third kappa shape index (κ3) is 7.15. The second-order valence-electron chi connectivity index (χ2n) is 11.6. The topological polar surface area (TPSA) is 0 Å². The Hall–Kier alpha value is -0.700. The highest BCUT2D eigenvalue weighted by Gasteiger charge is 2.20. The number of hydrogen-bond donors (Lipinski definition) is 0. The zero-order valence-corrected chi connectivity index (χ0v) is 25.5. The van der Waals surface area contributed by atoms with Gasteiger partial charge < -0.3 is 0 Å². The van der Waals surface area contributed by atoms with Gasteiger partial charge in [-0.05, 0) is 85.4 Å². The minimum absolute atomic E-state index is 0.579. The van der Waals surface area contributed by atoms with Crippen molar-refractivity contribution >= 4 is 27.8 Å². The predicted molar refractivity (Wildman–Crippen MR) is 158 cm³/mol. The maximum atomic E-state index is 2.52. The molecule has 2 aromatic carbocycles. The normalized spacial score (nSPS) is 13.2. The molecule has 0 amide bonds. The molecule has 2 aromatic rings. The van der Waals surface area contributed by atoms with Gasteiger partial charge in [-0.3, -0.25) is 0 Å². The summed E-state index contributed by atoms with van der Waals surface area (Å²) in [4.78, 5) is 0. The minimum Gasteiger partial charge on any atom is -0.0853 e. The van der Waals surface area contributed by atoms with Crippen LogP contribution in [0.4, 0.5) is 0 Å². The van der Waals surface area contributed by atoms with E-state index in [-0.39, 0.29) is 0 Å². The second kappa shape index (κ2) is 12.3. The molecule has 0 spiro atoms. The smallest absolute Gasteiger partial charge is 0.00943 e. The summed E-state index contributed by atoms with van der Waals surface area (Å²) in [6, 6.07) is 10.1. The summed E-state index contributed by atoms with van der Waals surface area (Å²) in [6.07, 6.45) is 0. The average molecular weight is 485 g/mol. The first-order valence-electron chi connectivity index (χ1n) is 13.2. The van der Waals surface area contributed by atoms with Gasteiger partial charge in [0, 0.05) is 0 Å². The van der Waals surface area contributed by atoms with Crippen molar-refractivity contribution in [3.8, 4) is 0 Å². The summed E-state index contributed by atoms with van der Waals surface area (Å²) in [5.74, 6) is 4.76. The van der Waals surface area contributed by atoms with Gasteiger partial charge in [-0.15, -0.1) is 0 Å². The first-order valence-corrected chi connectivity index (χ1v) is 15.6. The third-order valence-electron chi connectivity index (χ3n) is 6.80. The monoisotopic (exact) mass is 484 g/mol. The van der Waals surface area contributed by atoms with Crippen molar-refractivity contribution in [3.05, 3.63) is 57.6 Å². The van der Waals surface area contributed by atoms with E-state index in [0.29, 0.717) is 35.5 Å². The highest BCUT2D eigenvalue weighted by molar-refractivity contribution is 7.64. The summed E-state index contributed by atoms with van der Waals surface area (Å²) in [5, 5.41) is 3.32. The van der Waals surface area contributed by atoms with E-state index in [9.17, 15) is 0 Å². The summed E-state index contributed by atoms with van der Waals surface area (Å²) in [7, 11) is 1.78. The fourth-order valence-electron chi connectivity index (χ4n) is 4.54. The van der Waals surface area contributed by atoms with E-state index >= 15 is 0 Å². The van der Waals surface area contributed by atoms with Gasteiger partial charge in [0.25, 0.3) is 0 Å². The van der Waals surface area contributed by atoms with E-state index in [1.807, 2.05) is 0 Å². The summed E-state index contributed by atoms with van der Waals surface area (Å²) < 4.78 is 0. The molecule has 2 heteroatoms. The molecule has 0 saturated carbocycles. The number of hydrogen-bond acceptors (Lipinski definition) is 0.